The van der Waals surface area contributed by atoms with E-state index in [1.165, 1.54) is 12.5 Å². The van der Waals surface area contributed by atoms with E-state index < -0.39 is 0 Å². The summed E-state index contributed by atoms with van der Waals surface area (Å²) in [6, 6.07) is 20.6. The Hall–Kier alpha value is -3.47. The van der Waals surface area contributed by atoms with Crippen molar-refractivity contribution in [3.8, 4) is 0 Å². The van der Waals surface area contributed by atoms with E-state index in [9.17, 15) is 4.79 Å². The number of nitrogens with one attached hydrogen (secondary N) is 1. The summed E-state index contributed by atoms with van der Waals surface area (Å²) in [5, 5.41) is 9.86. The van der Waals surface area contributed by atoms with Crippen LogP contribution in [0.2, 0.25) is 0 Å². The highest BCUT2D eigenvalue weighted by molar-refractivity contribution is 6.03. The second-order valence-electron chi connectivity index (χ2n) is 7.44. The standard InChI is InChI=1S/C24H24N4O/c1-16-4-12-22(13-5-16)28-24(19-8-10-21(11-9-19)26-18(3)29)14-23(27-28)20-7-6-17(2)25-15-20/h4-13,15,24H,14H2,1-3H3,(H,26,29). The Morgan fingerprint density at radius 3 is 2.34 bits per heavy atom. The first-order valence-corrected chi connectivity index (χ1v) is 9.73. The van der Waals surface area contributed by atoms with Crippen LogP contribution in [0.25, 0.3) is 0 Å². The first kappa shape index (κ1) is 18.9. The number of anilines is 2. The number of hydrogen-bond acceptors (Lipinski definition) is 4. The summed E-state index contributed by atoms with van der Waals surface area (Å²) >= 11 is 0. The molecule has 1 aliphatic rings. The van der Waals surface area contributed by atoms with Crippen LogP contribution >= 0.6 is 0 Å². The number of nitrogens with zero attached hydrogens (tertiary/aromatic N) is 3. The highest BCUT2D eigenvalue weighted by Crippen LogP contribution is 2.37. The summed E-state index contributed by atoms with van der Waals surface area (Å²) < 4.78 is 0. The normalized spacial score (nSPS) is 15.9. The van der Waals surface area contributed by atoms with Gasteiger partial charge < -0.3 is 5.32 Å². The topological polar surface area (TPSA) is 57.6 Å². The molecule has 1 unspecified atom stereocenters. The van der Waals surface area contributed by atoms with Crippen molar-refractivity contribution in [2.75, 3.05) is 10.3 Å². The van der Waals surface area contributed by atoms with E-state index in [1.54, 1.807) is 0 Å². The van der Waals surface area contributed by atoms with Crippen molar-refractivity contribution in [3.05, 3.63) is 89.2 Å². The Bertz CT molecular complexity index is 1040. The Balaban J connectivity index is 1.68. The zero-order valence-corrected chi connectivity index (χ0v) is 16.9. The van der Waals surface area contributed by atoms with Gasteiger partial charge in [0.2, 0.25) is 5.91 Å². The van der Waals surface area contributed by atoms with Crippen molar-refractivity contribution in [2.45, 2.75) is 33.2 Å². The largest absolute Gasteiger partial charge is 0.326 e. The number of hydrogen-bond donors (Lipinski definition) is 1. The van der Waals surface area contributed by atoms with E-state index in [-0.39, 0.29) is 11.9 Å². The van der Waals surface area contributed by atoms with Crippen molar-refractivity contribution < 1.29 is 4.79 Å². The Labute approximate surface area is 171 Å². The van der Waals surface area contributed by atoms with Crippen molar-refractivity contribution in [3.63, 3.8) is 0 Å². The first-order valence-electron chi connectivity index (χ1n) is 9.73. The third-order valence-electron chi connectivity index (χ3n) is 5.07. The summed E-state index contributed by atoms with van der Waals surface area (Å²) in [6.07, 6.45) is 2.68. The molecule has 0 aliphatic carbocycles. The average molecular weight is 384 g/mol. The van der Waals surface area contributed by atoms with E-state index in [0.29, 0.717) is 0 Å². The molecule has 5 heteroatoms. The monoisotopic (exact) mass is 384 g/mol. The third-order valence-corrected chi connectivity index (χ3v) is 5.07. The van der Waals surface area contributed by atoms with E-state index in [1.807, 2.05) is 31.3 Å². The minimum absolute atomic E-state index is 0.0719. The van der Waals surface area contributed by atoms with Gasteiger partial charge in [-0.15, -0.1) is 0 Å². The maximum absolute atomic E-state index is 11.3. The van der Waals surface area contributed by atoms with Crippen molar-refractivity contribution in [1.82, 2.24) is 4.98 Å². The highest BCUT2D eigenvalue weighted by atomic mass is 16.1. The average Bonchev–Trinajstić information content (AvgIpc) is 3.14. The van der Waals surface area contributed by atoms with Gasteiger partial charge in [0.05, 0.1) is 17.4 Å². The van der Waals surface area contributed by atoms with Gasteiger partial charge in [-0.3, -0.25) is 14.8 Å². The van der Waals surface area contributed by atoms with E-state index >= 15 is 0 Å². The number of pyridine rings is 1. The van der Waals surface area contributed by atoms with E-state index in [0.717, 1.165) is 40.3 Å². The van der Waals surface area contributed by atoms with Gasteiger partial charge in [0, 0.05) is 36.5 Å². The third kappa shape index (κ3) is 4.19. The second-order valence-corrected chi connectivity index (χ2v) is 7.44. The SMILES string of the molecule is CC(=O)Nc1ccc(C2CC(c3ccc(C)nc3)=NN2c2ccc(C)cc2)cc1. The number of rotatable bonds is 4. The molecule has 0 saturated carbocycles. The molecule has 0 spiro atoms. The molecule has 0 radical (unpaired) electrons. The van der Waals surface area contributed by atoms with E-state index in [2.05, 4.69) is 64.7 Å². The van der Waals surface area contributed by atoms with Gasteiger partial charge in [-0.05, 0) is 55.8 Å². The maximum Gasteiger partial charge on any atom is 0.221 e. The number of benzene rings is 2. The van der Waals surface area contributed by atoms with Gasteiger partial charge in [0.15, 0.2) is 0 Å². The number of carbonyl (C=O) groups is 1. The lowest BCUT2D eigenvalue weighted by molar-refractivity contribution is -0.114. The van der Waals surface area contributed by atoms with Crippen LogP contribution in [-0.2, 0) is 4.79 Å². The molecule has 2 aromatic carbocycles. The molecule has 146 valence electrons. The van der Waals surface area contributed by atoms with Gasteiger partial charge in [0.1, 0.15) is 0 Å². The molecule has 5 nitrogen and oxygen atoms in total. The first-order chi connectivity index (χ1) is 14.0. The minimum Gasteiger partial charge on any atom is -0.326 e. The van der Waals surface area contributed by atoms with E-state index in [4.69, 9.17) is 5.10 Å². The molecule has 29 heavy (non-hydrogen) atoms. The second kappa shape index (κ2) is 7.87. The predicted octanol–water partition coefficient (Wildman–Crippen LogP) is 5.01. The molecule has 0 fully saturated rings. The molecular formula is C24H24N4O. The number of carbonyl (C=O) groups excluding carboxylic acids is 1. The molecule has 3 aromatic rings. The molecular weight excluding hydrogens is 360 g/mol. The van der Waals surface area contributed by atoms with Gasteiger partial charge in [-0.1, -0.05) is 29.8 Å². The van der Waals surface area contributed by atoms with Gasteiger partial charge in [-0.25, -0.2) is 0 Å². The number of hydrazone groups is 1. The van der Waals surface area contributed by atoms with Crippen LogP contribution in [0.5, 0.6) is 0 Å². The Morgan fingerprint density at radius 2 is 1.72 bits per heavy atom. The van der Waals surface area contributed by atoms with Crippen LogP contribution < -0.4 is 10.3 Å². The molecule has 0 bridgehead atoms. The predicted molar refractivity (Wildman–Crippen MR) is 117 cm³/mol. The van der Waals surface area contributed by atoms with Gasteiger partial charge in [0.25, 0.3) is 0 Å². The fourth-order valence-electron chi connectivity index (χ4n) is 3.51. The molecule has 1 N–H and O–H groups in total. The fraction of sp³-hybridized carbons (Fsp3) is 0.208. The van der Waals surface area contributed by atoms with Crippen LogP contribution in [0.4, 0.5) is 11.4 Å². The van der Waals surface area contributed by atoms with Gasteiger partial charge >= 0.3 is 0 Å². The Kier molecular flexibility index (Phi) is 5.12. The molecule has 1 amide bonds. The van der Waals surface area contributed by atoms with Gasteiger partial charge in [-0.2, -0.15) is 5.10 Å². The van der Waals surface area contributed by atoms with Crippen LogP contribution in [0.3, 0.4) is 0 Å². The summed E-state index contributed by atoms with van der Waals surface area (Å²) in [4.78, 5) is 15.7. The molecule has 2 heterocycles. The van der Waals surface area contributed by atoms with Crippen LogP contribution in [0, 0.1) is 13.8 Å². The molecule has 0 saturated heterocycles. The van der Waals surface area contributed by atoms with Crippen molar-refractivity contribution >= 4 is 23.0 Å². The summed E-state index contributed by atoms with van der Waals surface area (Å²) in [5.74, 6) is -0.0719. The number of amides is 1. The Morgan fingerprint density at radius 1 is 1.00 bits per heavy atom. The summed E-state index contributed by atoms with van der Waals surface area (Å²) in [6.45, 7) is 5.58. The molecule has 1 atom stereocenters. The fourth-order valence-corrected chi connectivity index (χ4v) is 3.51. The summed E-state index contributed by atoms with van der Waals surface area (Å²) in [7, 11) is 0. The minimum atomic E-state index is -0.0719. The smallest absolute Gasteiger partial charge is 0.221 e. The maximum atomic E-state index is 11.3. The lowest BCUT2D eigenvalue weighted by atomic mass is 9.98. The van der Waals surface area contributed by atoms with Crippen LogP contribution in [-0.4, -0.2) is 16.6 Å². The number of aromatic nitrogens is 1. The lowest BCUT2D eigenvalue weighted by Crippen LogP contribution is -2.18. The molecule has 1 aliphatic heterocycles. The zero-order chi connectivity index (χ0) is 20.4. The van der Waals surface area contributed by atoms with Crippen molar-refractivity contribution in [2.24, 2.45) is 5.10 Å². The number of aryl methyl sites for hydroxylation is 2. The quantitative estimate of drug-likeness (QED) is 0.688. The highest BCUT2D eigenvalue weighted by Gasteiger charge is 2.30. The van der Waals surface area contributed by atoms with Crippen molar-refractivity contribution in [1.29, 1.82) is 0 Å². The zero-order valence-electron chi connectivity index (χ0n) is 16.9. The molecule has 1 aromatic heterocycles. The molecule has 4 rings (SSSR count). The lowest BCUT2D eigenvalue weighted by Gasteiger charge is -2.24. The summed E-state index contributed by atoms with van der Waals surface area (Å²) in [5.41, 5.74) is 7.29. The van der Waals surface area contributed by atoms with Crippen LogP contribution in [0.15, 0.2) is 72.0 Å². The van der Waals surface area contributed by atoms with Crippen LogP contribution in [0.1, 0.15) is 41.8 Å².